The number of aryl methyl sites for hydroxylation is 2. The van der Waals surface area contributed by atoms with E-state index in [1.807, 2.05) is 25.6 Å². The Bertz CT molecular complexity index is 772. The van der Waals surface area contributed by atoms with Crippen molar-refractivity contribution in [2.24, 2.45) is 7.05 Å². The van der Waals surface area contributed by atoms with Crippen molar-refractivity contribution in [3.63, 3.8) is 0 Å². The molecule has 0 unspecified atom stereocenters. The second kappa shape index (κ2) is 4.75. The van der Waals surface area contributed by atoms with Gasteiger partial charge in [-0.25, -0.2) is 13.1 Å². The van der Waals surface area contributed by atoms with Crippen molar-refractivity contribution in [2.45, 2.75) is 13.8 Å². The Morgan fingerprint density at radius 3 is 2.55 bits per heavy atom. The minimum absolute atomic E-state index is 0.0769. The number of hydrogen-bond donors (Lipinski definition) is 2. The number of hydrogen-bond acceptors (Lipinski definition) is 5. The third-order valence-electron chi connectivity index (χ3n) is 2.87. The molecule has 8 nitrogen and oxygen atoms in total. The molecule has 108 valence electrons. The molecule has 0 bridgehead atoms. The van der Waals surface area contributed by atoms with E-state index in [4.69, 9.17) is 0 Å². The van der Waals surface area contributed by atoms with Crippen molar-refractivity contribution in [2.75, 3.05) is 6.26 Å². The molecule has 2 N–H and O–H groups in total. The molecule has 0 aromatic carbocycles. The van der Waals surface area contributed by atoms with E-state index >= 15 is 0 Å². The Morgan fingerprint density at radius 1 is 1.40 bits per heavy atom. The molecule has 0 aliphatic rings. The highest BCUT2D eigenvalue weighted by molar-refractivity contribution is 7.89. The van der Waals surface area contributed by atoms with Crippen LogP contribution in [0, 0.1) is 13.8 Å². The van der Waals surface area contributed by atoms with Crippen LogP contribution in [-0.4, -0.2) is 40.6 Å². The molecular weight excluding hydrogens is 282 g/mol. The fraction of sp³-hybridized carbons (Fsp3) is 0.364. The van der Waals surface area contributed by atoms with E-state index in [2.05, 4.69) is 15.3 Å². The predicted octanol–water partition coefficient (Wildman–Crippen LogP) is 0.116. The van der Waals surface area contributed by atoms with Crippen LogP contribution in [0.25, 0.3) is 11.3 Å². The molecule has 2 aromatic rings. The number of aromatic amines is 1. The molecule has 0 saturated heterocycles. The molecule has 0 radical (unpaired) electrons. The second-order valence-electron chi connectivity index (χ2n) is 4.54. The second-order valence-corrected chi connectivity index (χ2v) is 6.29. The first-order chi connectivity index (χ1) is 9.19. The largest absolute Gasteiger partial charge is 0.282 e. The maximum absolute atomic E-state index is 11.7. The van der Waals surface area contributed by atoms with Crippen LogP contribution in [0.1, 0.15) is 21.9 Å². The lowest BCUT2D eigenvalue weighted by atomic mass is 10.1. The summed E-state index contributed by atoms with van der Waals surface area (Å²) in [7, 11) is -1.79. The molecule has 20 heavy (non-hydrogen) atoms. The van der Waals surface area contributed by atoms with Crippen LogP contribution in [0.15, 0.2) is 6.07 Å². The van der Waals surface area contributed by atoms with E-state index in [0.29, 0.717) is 5.69 Å². The van der Waals surface area contributed by atoms with Crippen LogP contribution in [0.4, 0.5) is 0 Å². The molecule has 9 heteroatoms. The molecule has 0 aliphatic carbocycles. The average molecular weight is 297 g/mol. The molecule has 0 spiro atoms. The maximum atomic E-state index is 11.7. The van der Waals surface area contributed by atoms with E-state index in [0.717, 1.165) is 23.2 Å². The number of amides is 1. The van der Waals surface area contributed by atoms with E-state index in [1.165, 1.54) is 6.07 Å². The van der Waals surface area contributed by atoms with Gasteiger partial charge in [0.1, 0.15) is 5.69 Å². The van der Waals surface area contributed by atoms with Crippen LogP contribution < -0.4 is 4.72 Å². The monoisotopic (exact) mass is 297 g/mol. The molecule has 0 fully saturated rings. The van der Waals surface area contributed by atoms with Crippen molar-refractivity contribution in [3.05, 3.63) is 23.1 Å². The van der Waals surface area contributed by atoms with E-state index in [-0.39, 0.29) is 5.69 Å². The third kappa shape index (κ3) is 2.72. The number of carbonyl (C=O) groups excluding carboxylic acids is 1. The van der Waals surface area contributed by atoms with Gasteiger partial charge < -0.3 is 0 Å². The van der Waals surface area contributed by atoms with E-state index < -0.39 is 15.9 Å². The maximum Gasteiger partial charge on any atom is 0.282 e. The van der Waals surface area contributed by atoms with Gasteiger partial charge in [-0.05, 0) is 19.9 Å². The Balaban J connectivity index is 2.36. The first kappa shape index (κ1) is 14.3. The molecule has 0 atom stereocenters. The number of carbonyl (C=O) groups is 1. The van der Waals surface area contributed by atoms with E-state index in [1.54, 1.807) is 4.68 Å². The lowest BCUT2D eigenvalue weighted by Crippen LogP contribution is -2.29. The number of nitrogens with zero attached hydrogens (tertiary/aromatic N) is 3. The third-order valence-corrected chi connectivity index (χ3v) is 3.42. The number of H-pyrrole nitrogens is 1. The number of nitrogens with one attached hydrogen (secondary N) is 2. The van der Waals surface area contributed by atoms with Crippen LogP contribution in [0.3, 0.4) is 0 Å². The minimum Gasteiger partial charge on any atom is -0.272 e. The Hall–Kier alpha value is -2.16. The highest BCUT2D eigenvalue weighted by Gasteiger charge is 2.18. The zero-order chi connectivity index (χ0) is 15.1. The summed E-state index contributed by atoms with van der Waals surface area (Å²) >= 11 is 0. The van der Waals surface area contributed by atoms with Crippen LogP contribution in [0.2, 0.25) is 0 Å². The number of sulfonamides is 1. The summed E-state index contributed by atoms with van der Waals surface area (Å²) in [6, 6.07) is 1.50. The summed E-state index contributed by atoms with van der Waals surface area (Å²) in [5, 5.41) is 10.8. The summed E-state index contributed by atoms with van der Waals surface area (Å²) in [5.74, 6) is -0.745. The van der Waals surface area contributed by atoms with Gasteiger partial charge in [-0.1, -0.05) is 0 Å². The van der Waals surface area contributed by atoms with Gasteiger partial charge >= 0.3 is 0 Å². The van der Waals surface area contributed by atoms with Gasteiger partial charge in [0.05, 0.1) is 17.6 Å². The summed E-state index contributed by atoms with van der Waals surface area (Å²) in [5.41, 5.74) is 3.14. The Morgan fingerprint density at radius 2 is 2.05 bits per heavy atom. The SMILES string of the molecule is Cc1nn(C)c(C)c1-c1cc(C(=O)NS(C)(=O)=O)[nH]n1. The summed E-state index contributed by atoms with van der Waals surface area (Å²) in [6.45, 7) is 3.73. The number of rotatable bonds is 3. The van der Waals surface area contributed by atoms with Crippen molar-refractivity contribution in [1.29, 1.82) is 0 Å². The van der Waals surface area contributed by atoms with Gasteiger partial charge in [0, 0.05) is 18.3 Å². The Kier molecular flexibility index (Phi) is 3.38. The summed E-state index contributed by atoms with van der Waals surface area (Å²) in [4.78, 5) is 11.7. The lowest BCUT2D eigenvalue weighted by molar-refractivity contribution is 0.0977. The van der Waals surface area contributed by atoms with Crippen molar-refractivity contribution in [1.82, 2.24) is 24.7 Å². The normalized spacial score (nSPS) is 11.6. The quantitative estimate of drug-likeness (QED) is 0.836. The minimum atomic E-state index is -3.60. The molecule has 2 aromatic heterocycles. The van der Waals surface area contributed by atoms with Gasteiger partial charge in [0.25, 0.3) is 5.91 Å². The predicted molar refractivity (Wildman–Crippen MR) is 72.6 cm³/mol. The van der Waals surface area contributed by atoms with Crippen LogP contribution >= 0.6 is 0 Å². The molecule has 1 amide bonds. The zero-order valence-corrected chi connectivity index (χ0v) is 12.4. The molecule has 2 heterocycles. The smallest absolute Gasteiger partial charge is 0.272 e. The van der Waals surface area contributed by atoms with Gasteiger partial charge in [-0.2, -0.15) is 10.2 Å². The van der Waals surface area contributed by atoms with Gasteiger partial charge in [-0.3, -0.25) is 14.6 Å². The first-order valence-corrected chi connectivity index (χ1v) is 7.66. The Labute approximate surface area is 116 Å². The van der Waals surface area contributed by atoms with Gasteiger partial charge in [0.15, 0.2) is 0 Å². The van der Waals surface area contributed by atoms with E-state index in [9.17, 15) is 13.2 Å². The average Bonchev–Trinajstić information content (AvgIpc) is 2.83. The standard InChI is InChI=1S/C11H15N5O3S/c1-6-10(7(2)16(3)14-6)8-5-9(13-12-8)11(17)15-20(4,18)19/h5H,1-4H3,(H,12,13)(H,15,17). The molecule has 0 saturated carbocycles. The van der Waals surface area contributed by atoms with Crippen LogP contribution in [-0.2, 0) is 17.1 Å². The lowest BCUT2D eigenvalue weighted by Gasteiger charge is -1.98. The highest BCUT2D eigenvalue weighted by atomic mass is 32.2. The summed E-state index contributed by atoms with van der Waals surface area (Å²) in [6.07, 6.45) is 0.914. The summed E-state index contributed by atoms with van der Waals surface area (Å²) < 4.78 is 25.6. The van der Waals surface area contributed by atoms with Gasteiger partial charge in [0.2, 0.25) is 10.0 Å². The topological polar surface area (TPSA) is 110 Å². The zero-order valence-electron chi connectivity index (χ0n) is 11.6. The van der Waals surface area contributed by atoms with Crippen molar-refractivity contribution < 1.29 is 13.2 Å². The molecule has 0 aliphatic heterocycles. The number of aromatic nitrogens is 4. The fourth-order valence-corrected chi connectivity index (χ4v) is 2.38. The molecular formula is C11H15N5O3S. The van der Waals surface area contributed by atoms with Crippen molar-refractivity contribution in [3.8, 4) is 11.3 Å². The highest BCUT2D eigenvalue weighted by Crippen LogP contribution is 2.25. The molecule has 2 rings (SSSR count). The van der Waals surface area contributed by atoms with Crippen LogP contribution in [0.5, 0.6) is 0 Å². The van der Waals surface area contributed by atoms with Crippen molar-refractivity contribution >= 4 is 15.9 Å². The first-order valence-electron chi connectivity index (χ1n) is 5.77. The van der Waals surface area contributed by atoms with Gasteiger partial charge in [-0.15, -0.1) is 0 Å². The fourth-order valence-electron chi connectivity index (χ4n) is 1.93.